The lowest BCUT2D eigenvalue weighted by Gasteiger charge is -2.16. The number of hydrogen-bond donors (Lipinski definition) is 0. The van der Waals surface area contributed by atoms with Crippen molar-refractivity contribution in [2.75, 3.05) is 0 Å². The number of aromatic nitrogens is 4. The van der Waals surface area contributed by atoms with Crippen LogP contribution in [0.25, 0.3) is 104 Å². The van der Waals surface area contributed by atoms with Gasteiger partial charge in [0.15, 0.2) is 17.5 Å². The van der Waals surface area contributed by atoms with Gasteiger partial charge in [0.05, 0.1) is 33.2 Å². The Hall–Kier alpha value is -7.21. The van der Waals surface area contributed by atoms with Crippen molar-refractivity contribution in [3.8, 4) is 62.1 Å². The molecule has 11 aromatic rings. The highest BCUT2D eigenvalue weighted by Crippen LogP contribution is 2.42. The number of rotatable bonds is 6. The molecular formula is C51H32N4S. The van der Waals surface area contributed by atoms with Gasteiger partial charge in [-0.1, -0.05) is 151 Å². The zero-order chi connectivity index (χ0) is 47.4. The molecule has 0 amide bonds. The number of nitrogens with zero attached hydrogens (tertiary/aromatic N) is 4. The van der Waals surface area contributed by atoms with Crippen molar-refractivity contribution in [2.45, 2.75) is 0 Å². The molecule has 3 heterocycles. The monoisotopic (exact) mass is 744 g/mol. The Bertz CT molecular complexity index is 3920. The fraction of sp³-hybridized carbons (Fsp3) is 0. The summed E-state index contributed by atoms with van der Waals surface area (Å²) in [5, 5.41) is 1.65. The molecule has 0 spiro atoms. The van der Waals surface area contributed by atoms with Crippen LogP contribution in [0.1, 0.15) is 16.4 Å². The van der Waals surface area contributed by atoms with E-state index in [1.807, 2.05) is 97.1 Å². The first-order valence-electron chi connectivity index (χ1n) is 23.8. The van der Waals surface area contributed by atoms with E-state index in [1.165, 1.54) is 4.57 Å². The van der Waals surface area contributed by atoms with Gasteiger partial charge in [0.25, 0.3) is 0 Å². The van der Waals surface area contributed by atoms with Crippen LogP contribution in [0.2, 0.25) is 0 Å². The molecule has 0 saturated carbocycles. The highest BCUT2D eigenvalue weighted by atomic mass is 32.1. The fourth-order valence-corrected chi connectivity index (χ4v) is 8.40. The minimum atomic E-state index is -0.700. The number of para-hydroxylation sites is 1. The van der Waals surface area contributed by atoms with E-state index in [0.29, 0.717) is 22.8 Å². The summed E-state index contributed by atoms with van der Waals surface area (Å²) in [4.78, 5) is 15.4. The average Bonchev–Trinajstić information content (AvgIpc) is 3.94. The smallest absolute Gasteiger partial charge is 0.166 e. The lowest BCUT2D eigenvalue weighted by molar-refractivity contribution is 1.07. The van der Waals surface area contributed by atoms with E-state index in [-0.39, 0.29) is 33.3 Å². The largest absolute Gasteiger partial charge is 0.309 e. The lowest BCUT2D eigenvalue weighted by Crippen LogP contribution is -2.04. The Kier molecular flexibility index (Phi) is 5.27. The quantitative estimate of drug-likeness (QED) is 0.170. The molecule has 3 aromatic heterocycles. The van der Waals surface area contributed by atoms with Crippen molar-refractivity contribution in [3.05, 3.63) is 194 Å². The summed E-state index contributed by atoms with van der Waals surface area (Å²) in [6, 6.07) is 31.0. The van der Waals surface area contributed by atoms with E-state index in [4.69, 9.17) is 24.5 Å². The third kappa shape index (κ3) is 5.40. The van der Waals surface area contributed by atoms with Crippen LogP contribution < -0.4 is 0 Å². The number of hydrogen-bond acceptors (Lipinski definition) is 4. The van der Waals surface area contributed by atoms with Gasteiger partial charge in [-0.25, -0.2) is 15.0 Å². The van der Waals surface area contributed by atoms with E-state index in [9.17, 15) is 6.85 Å². The van der Waals surface area contributed by atoms with Gasteiger partial charge < -0.3 is 4.57 Å². The van der Waals surface area contributed by atoms with Crippen LogP contribution in [-0.4, -0.2) is 19.5 Å². The molecule has 0 aliphatic rings. The van der Waals surface area contributed by atoms with Gasteiger partial charge in [-0.2, -0.15) is 0 Å². The van der Waals surface area contributed by atoms with Crippen molar-refractivity contribution in [2.24, 2.45) is 0 Å². The van der Waals surface area contributed by atoms with Crippen molar-refractivity contribution < 1.29 is 16.4 Å². The van der Waals surface area contributed by atoms with Gasteiger partial charge in [-0.3, -0.25) is 0 Å². The molecule has 8 aromatic carbocycles. The molecule has 0 unspecified atom stereocenters. The first-order chi connectivity index (χ1) is 32.8. The summed E-state index contributed by atoms with van der Waals surface area (Å²) in [6.45, 7) is 0. The molecule has 0 atom stereocenters. The van der Waals surface area contributed by atoms with Crippen LogP contribution >= 0.6 is 11.3 Å². The summed E-state index contributed by atoms with van der Waals surface area (Å²) in [5.41, 5.74) is 2.43. The third-order valence-corrected chi connectivity index (χ3v) is 10.9. The van der Waals surface area contributed by atoms with Crippen LogP contribution in [0.4, 0.5) is 0 Å². The van der Waals surface area contributed by atoms with Crippen molar-refractivity contribution in [1.29, 1.82) is 0 Å². The number of thiophene rings is 1. The second-order valence-electron chi connectivity index (χ2n) is 13.1. The van der Waals surface area contributed by atoms with E-state index in [0.717, 1.165) is 36.9 Å². The van der Waals surface area contributed by atoms with Gasteiger partial charge in [0, 0.05) is 47.6 Å². The molecule has 0 radical (unpaired) electrons. The molecular weight excluding hydrogens is 701 g/mol. The summed E-state index contributed by atoms with van der Waals surface area (Å²) in [5.74, 6) is 0.872. The van der Waals surface area contributed by atoms with Crippen LogP contribution in [0, 0.1) is 0 Å². The van der Waals surface area contributed by atoms with Crippen LogP contribution in [0.15, 0.2) is 194 Å². The molecule has 0 aliphatic heterocycles. The fourth-order valence-electron chi connectivity index (χ4n) is 7.27. The molecule has 56 heavy (non-hydrogen) atoms. The molecule has 262 valence electrons. The maximum atomic E-state index is 9.74. The average molecular weight is 745 g/mol. The van der Waals surface area contributed by atoms with Crippen molar-refractivity contribution >= 4 is 53.3 Å². The second-order valence-corrected chi connectivity index (χ2v) is 14.2. The van der Waals surface area contributed by atoms with Crippen LogP contribution in [-0.2, 0) is 0 Å². The molecule has 0 saturated heterocycles. The third-order valence-electron chi connectivity index (χ3n) is 9.80. The van der Waals surface area contributed by atoms with E-state index in [1.54, 1.807) is 17.4 Å². The summed E-state index contributed by atoms with van der Waals surface area (Å²) >= 11 is 1.65. The minimum absolute atomic E-state index is 0.119. The minimum Gasteiger partial charge on any atom is -0.309 e. The molecule has 0 aliphatic carbocycles. The van der Waals surface area contributed by atoms with Crippen molar-refractivity contribution in [3.63, 3.8) is 0 Å². The topological polar surface area (TPSA) is 43.6 Å². The molecule has 0 N–H and O–H groups in total. The van der Waals surface area contributed by atoms with Crippen LogP contribution in [0.5, 0.6) is 0 Å². The van der Waals surface area contributed by atoms with E-state index < -0.39 is 83.6 Å². The Labute approximate surface area is 344 Å². The summed E-state index contributed by atoms with van der Waals surface area (Å²) in [7, 11) is 0. The van der Waals surface area contributed by atoms with Gasteiger partial charge in [0.2, 0.25) is 0 Å². The predicted octanol–water partition coefficient (Wildman–Crippen LogP) is 13.7. The highest BCUT2D eigenvalue weighted by Gasteiger charge is 2.22. The first-order valence-corrected chi connectivity index (χ1v) is 18.6. The SMILES string of the molecule is [2H]c1c([2H])c([2H])c(-c2c([2H])c([2H])c3c(c2[2H])c2c([2H])c([2H])c([2H])c([2H])c2n3-c2ccc(-c3ccccc3)cc2-c2nc(-c3ccccc3)nc(-c3cccc4sc5ccccc5c34)n2)c([2H])c1[2H]. The molecule has 0 bridgehead atoms. The van der Waals surface area contributed by atoms with Gasteiger partial charge >= 0.3 is 0 Å². The van der Waals surface area contributed by atoms with E-state index in [2.05, 4.69) is 18.2 Å². The summed E-state index contributed by atoms with van der Waals surface area (Å²) in [6.07, 6.45) is 0. The maximum Gasteiger partial charge on any atom is 0.166 e. The Morgan fingerprint density at radius 1 is 0.429 bits per heavy atom. The maximum absolute atomic E-state index is 9.74. The Morgan fingerprint density at radius 3 is 1.95 bits per heavy atom. The molecule has 4 nitrogen and oxygen atoms in total. The van der Waals surface area contributed by atoms with E-state index >= 15 is 0 Å². The van der Waals surface area contributed by atoms with Gasteiger partial charge in [-0.15, -0.1) is 11.3 Å². The number of benzene rings is 8. The lowest BCUT2D eigenvalue weighted by atomic mass is 10.0. The normalized spacial score (nSPS) is 14.6. The second kappa shape index (κ2) is 13.3. The first kappa shape index (κ1) is 22.2. The predicted molar refractivity (Wildman–Crippen MR) is 234 cm³/mol. The zero-order valence-electron chi connectivity index (χ0n) is 41.2. The standard InChI is InChI=1S/C51H32N4S/c1-4-15-33(16-5-1)36-27-29-44-41(31-36)38-21-10-12-24-43(38)55(44)45-30-28-37(34-17-6-2-7-18-34)32-42(45)51-53-49(35-19-8-3-9-20-35)52-50(54-51)40-23-14-26-47-48(40)39-22-11-13-25-46(39)56-47/h1-32H/i1D,4D,5D,10D,12D,15D,16D,21D,24D,27D,29D,31D. The Morgan fingerprint density at radius 2 is 1.11 bits per heavy atom. The summed E-state index contributed by atoms with van der Waals surface area (Å²) < 4.78 is 111. The van der Waals surface area contributed by atoms with Crippen LogP contribution in [0.3, 0.4) is 0 Å². The van der Waals surface area contributed by atoms with Crippen molar-refractivity contribution in [1.82, 2.24) is 19.5 Å². The zero-order valence-corrected chi connectivity index (χ0v) is 30.1. The van der Waals surface area contributed by atoms with Gasteiger partial charge in [-0.05, 0) is 64.6 Å². The molecule has 0 fully saturated rings. The van der Waals surface area contributed by atoms with Gasteiger partial charge in [0.1, 0.15) is 0 Å². The molecule has 11 rings (SSSR count). The molecule has 5 heteroatoms. The number of fused-ring (bicyclic) bond motifs is 6. The highest BCUT2D eigenvalue weighted by molar-refractivity contribution is 7.25. The Balaban J connectivity index is 1.30.